The molecule has 1 aromatic heterocycles. The van der Waals surface area contributed by atoms with Gasteiger partial charge in [-0.25, -0.2) is 4.98 Å². The molecular formula is C16H19ClN2O2. The van der Waals surface area contributed by atoms with Crippen LogP contribution >= 0.6 is 11.6 Å². The molecule has 0 aliphatic carbocycles. The lowest BCUT2D eigenvalue weighted by molar-refractivity contribution is 0.174. The predicted octanol–water partition coefficient (Wildman–Crippen LogP) is 4.03. The Morgan fingerprint density at radius 2 is 2.05 bits per heavy atom. The zero-order chi connectivity index (χ0) is 14.9. The molecule has 0 radical (unpaired) electrons. The van der Waals surface area contributed by atoms with Crippen LogP contribution in [0.15, 0.2) is 24.4 Å². The summed E-state index contributed by atoms with van der Waals surface area (Å²) >= 11 is 5.85. The molecule has 3 rings (SSSR count). The van der Waals surface area contributed by atoms with Gasteiger partial charge in [-0.2, -0.15) is 0 Å². The highest BCUT2D eigenvalue weighted by Gasteiger charge is 2.19. The second-order valence-corrected chi connectivity index (χ2v) is 6.42. The van der Waals surface area contributed by atoms with Crippen molar-refractivity contribution in [1.29, 1.82) is 0 Å². The van der Waals surface area contributed by atoms with E-state index in [-0.39, 0.29) is 12.2 Å². The Hall–Kier alpha value is -1.68. The summed E-state index contributed by atoms with van der Waals surface area (Å²) in [6.07, 6.45) is 2.76. The number of alkyl halides is 1. The number of halogens is 1. The highest BCUT2D eigenvalue weighted by molar-refractivity contribution is 6.17. The molecule has 5 heteroatoms. The lowest BCUT2D eigenvalue weighted by atomic mass is 9.90. The fraction of sp³-hybridized carbons (Fsp3) is 0.438. The van der Waals surface area contributed by atoms with Gasteiger partial charge in [0.05, 0.1) is 0 Å². The van der Waals surface area contributed by atoms with Gasteiger partial charge in [-0.1, -0.05) is 13.8 Å². The standard InChI is InChI=1S/C16H19ClN2O2/c1-16(2,4-5-17)9-19-15-12-8-14-13(20-10-21-14)7-11(12)3-6-18-15/h3,6-8H,4-5,9-10H2,1-2H3,(H,18,19). The molecule has 0 spiro atoms. The molecular weight excluding hydrogens is 288 g/mol. The second kappa shape index (κ2) is 5.60. The van der Waals surface area contributed by atoms with Crippen molar-refractivity contribution in [3.63, 3.8) is 0 Å². The van der Waals surface area contributed by atoms with Crippen LogP contribution in [0.1, 0.15) is 20.3 Å². The Balaban J connectivity index is 1.89. The van der Waals surface area contributed by atoms with E-state index in [0.717, 1.165) is 41.1 Å². The van der Waals surface area contributed by atoms with E-state index >= 15 is 0 Å². The minimum absolute atomic E-state index is 0.127. The molecule has 1 aliphatic heterocycles. The van der Waals surface area contributed by atoms with E-state index in [0.29, 0.717) is 5.88 Å². The third-order valence-electron chi connectivity index (χ3n) is 3.76. The number of benzene rings is 1. The van der Waals surface area contributed by atoms with Crippen molar-refractivity contribution >= 4 is 28.2 Å². The van der Waals surface area contributed by atoms with Crippen molar-refractivity contribution in [1.82, 2.24) is 4.98 Å². The van der Waals surface area contributed by atoms with E-state index < -0.39 is 0 Å². The quantitative estimate of drug-likeness (QED) is 0.847. The first-order valence-electron chi connectivity index (χ1n) is 7.07. The summed E-state index contributed by atoms with van der Waals surface area (Å²) < 4.78 is 10.9. The van der Waals surface area contributed by atoms with Crippen LogP contribution in [0, 0.1) is 5.41 Å². The lowest BCUT2D eigenvalue weighted by Gasteiger charge is -2.24. The molecule has 0 saturated carbocycles. The van der Waals surface area contributed by atoms with E-state index in [1.54, 1.807) is 6.20 Å². The molecule has 4 nitrogen and oxygen atoms in total. The number of nitrogens with zero attached hydrogens (tertiary/aromatic N) is 1. The first kappa shape index (κ1) is 14.3. The average Bonchev–Trinajstić information content (AvgIpc) is 2.90. The summed E-state index contributed by atoms with van der Waals surface area (Å²) in [5.74, 6) is 3.10. The number of ether oxygens (including phenoxy) is 2. The Kier molecular flexibility index (Phi) is 3.81. The highest BCUT2D eigenvalue weighted by atomic mass is 35.5. The summed E-state index contributed by atoms with van der Waals surface area (Å²) in [6, 6.07) is 5.96. The minimum Gasteiger partial charge on any atom is -0.454 e. The smallest absolute Gasteiger partial charge is 0.231 e. The molecule has 2 heterocycles. The van der Waals surface area contributed by atoms with E-state index in [1.807, 2.05) is 18.2 Å². The van der Waals surface area contributed by atoms with E-state index in [1.165, 1.54) is 0 Å². The fourth-order valence-corrected chi connectivity index (χ4v) is 2.88. The lowest BCUT2D eigenvalue weighted by Crippen LogP contribution is -2.24. The molecule has 0 saturated heterocycles. The first-order valence-corrected chi connectivity index (χ1v) is 7.61. The number of fused-ring (bicyclic) bond motifs is 2. The van der Waals surface area contributed by atoms with Crippen molar-refractivity contribution in [2.75, 3.05) is 24.5 Å². The van der Waals surface area contributed by atoms with E-state index in [2.05, 4.69) is 24.1 Å². The number of hydrogen-bond acceptors (Lipinski definition) is 4. The Labute approximate surface area is 129 Å². The number of rotatable bonds is 5. The van der Waals surface area contributed by atoms with Gasteiger partial charge in [-0.3, -0.25) is 0 Å². The molecule has 1 N–H and O–H groups in total. The third kappa shape index (κ3) is 3.00. The molecule has 1 aliphatic rings. The van der Waals surface area contributed by atoms with Gasteiger partial charge < -0.3 is 14.8 Å². The molecule has 112 valence electrons. The van der Waals surface area contributed by atoms with Gasteiger partial charge in [-0.05, 0) is 35.4 Å². The van der Waals surface area contributed by atoms with Crippen LogP contribution in [0.3, 0.4) is 0 Å². The van der Waals surface area contributed by atoms with Crippen molar-refractivity contribution in [3.8, 4) is 11.5 Å². The SMILES string of the molecule is CC(C)(CCCl)CNc1nccc2cc3c(cc12)OCO3. The van der Waals surface area contributed by atoms with Crippen LogP contribution in [0.5, 0.6) is 11.5 Å². The maximum Gasteiger partial charge on any atom is 0.231 e. The minimum atomic E-state index is 0.127. The maximum absolute atomic E-state index is 5.85. The second-order valence-electron chi connectivity index (χ2n) is 6.04. The van der Waals surface area contributed by atoms with Crippen molar-refractivity contribution < 1.29 is 9.47 Å². The Morgan fingerprint density at radius 1 is 1.29 bits per heavy atom. The fourth-order valence-electron chi connectivity index (χ4n) is 2.37. The maximum atomic E-state index is 5.85. The van der Waals surface area contributed by atoms with Crippen LogP contribution in [0.4, 0.5) is 5.82 Å². The van der Waals surface area contributed by atoms with Crippen LogP contribution in [0.25, 0.3) is 10.8 Å². The third-order valence-corrected chi connectivity index (χ3v) is 3.95. The number of anilines is 1. The van der Waals surface area contributed by atoms with E-state index in [4.69, 9.17) is 21.1 Å². The molecule has 0 atom stereocenters. The predicted molar refractivity (Wildman–Crippen MR) is 85.5 cm³/mol. The van der Waals surface area contributed by atoms with Crippen LogP contribution in [-0.2, 0) is 0 Å². The van der Waals surface area contributed by atoms with Crippen molar-refractivity contribution in [2.45, 2.75) is 20.3 Å². The zero-order valence-electron chi connectivity index (χ0n) is 12.3. The monoisotopic (exact) mass is 306 g/mol. The Bertz CT molecular complexity index is 658. The van der Waals surface area contributed by atoms with Crippen LogP contribution in [0.2, 0.25) is 0 Å². The number of nitrogens with one attached hydrogen (secondary N) is 1. The molecule has 0 unspecified atom stereocenters. The first-order chi connectivity index (χ1) is 10.1. The summed E-state index contributed by atoms with van der Waals surface area (Å²) in [5.41, 5.74) is 0.127. The van der Waals surface area contributed by atoms with Gasteiger partial charge in [0.25, 0.3) is 0 Å². The van der Waals surface area contributed by atoms with Gasteiger partial charge in [0.1, 0.15) is 5.82 Å². The highest BCUT2D eigenvalue weighted by Crippen LogP contribution is 2.38. The number of pyridine rings is 1. The molecule has 0 fully saturated rings. The van der Waals surface area contributed by atoms with Crippen molar-refractivity contribution in [2.24, 2.45) is 5.41 Å². The van der Waals surface area contributed by atoms with Gasteiger partial charge >= 0.3 is 0 Å². The van der Waals surface area contributed by atoms with Crippen molar-refractivity contribution in [3.05, 3.63) is 24.4 Å². The van der Waals surface area contributed by atoms with Gasteiger partial charge in [0.2, 0.25) is 6.79 Å². The molecule has 2 aromatic rings. The Morgan fingerprint density at radius 3 is 2.81 bits per heavy atom. The number of aromatic nitrogens is 1. The summed E-state index contributed by atoms with van der Waals surface area (Å²) in [4.78, 5) is 4.46. The normalized spacial score (nSPS) is 13.7. The largest absolute Gasteiger partial charge is 0.454 e. The molecule has 0 bridgehead atoms. The topological polar surface area (TPSA) is 43.4 Å². The van der Waals surface area contributed by atoms with Gasteiger partial charge in [0.15, 0.2) is 11.5 Å². The van der Waals surface area contributed by atoms with Crippen LogP contribution in [-0.4, -0.2) is 24.2 Å². The van der Waals surface area contributed by atoms with Crippen LogP contribution < -0.4 is 14.8 Å². The molecule has 21 heavy (non-hydrogen) atoms. The molecule has 0 amide bonds. The van der Waals surface area contributed by atoms with Gasteiger partial charge in [0, 0.05) is 24.0 Å². The summed E-state index contributed by atoms with van der Waals surface area (Å²) in [6.45, 7) is 5.50. The zero-order valence-corrected chi connectivity index (χ0v) is 13.0. The molecule has 1 aromatic carbocycles. The summed E-state index contributed by atoms with van der Waals surface area (Å²) in [7, 11) is 0. The number of hydrogen-bond donors (Lipinski definition) is 1. The van der Waals surface area contributed by atoms with E-state index in [9.17, 15) is 0 Å². The summed E-state index contributed by atoms with van der Waals surface area (Å²) in [5, 5.41) is 5.57. The van der Waals surface area contributed by atoms with Gasteiger partial charge in [-0.15, -0.1) is 11.6 Å². The average molecular weight is 307 g/mol.